The van der Waals surface area contributed by atoms with E-state index in [0.29, 0.717) is 43.2 Å². The summed E-state index contributed by atoms with van der Waals surface area (Å²) in [5, 5.41) is 15.1. The minimum atomic E-state index is -1.24. The highest BCUT2D eigenvalue weighted by Crippen LogP contribution is 2.39. The Labute approximate surface area is 199 Å². The molecule has 0 bridgehead atoms. The van der Waals surface area contributed by atoms with E-state index in [0.717, 1.165) is 55.8 Å². The maximum Gasteiger partial charge on any atom is 0.251 e. The molecule has 7 heteroatoms. The summed E-state index contributed by atoms with van der Waals surface area (Å²) in [6, 6.07) is 11.7. The van der Waals surface area contributed by atoms with Crippen molar-refractivity contribution in [3.8, 4) is 11.3 Å². The Bertz CT molecular complexity index is 997. The predicted molar refractivity (Wildman–Crippen MR) is 129 cm³/mol. The summed E-state index contributed by atoms with van der Waals surface area (Å²) in [6.45, 7) is 4.30. The van der Waals surface area contributed by atoms with Crippen LogP contribution in [0.25, 0.3) is 11.3 Å². The van der Waals surface area contributed by atoms with Crippen molar-refractivity contribution in [3.05, 3.63) is 42.0 Å². The smallest absolute Gasteiger partial charge is 0.251 e. The molecule has 1 aromatic heterocycles. The standard InChI is InChI=1S/C26H35N5O2/c1-2-27-26(32)20-5-3-19(4-6-20)24-7-8-25(30-29-24)28-23-13-21-16-31(17-22(21)14-23)15-18-9-11-33-12-10-18/h3-8,18,21-23H,2,9-17H2,1H3,(H,27,32)(H,28,30)/t21-,22+,23?/i15D2. The number of hydrogen-bond acceptors (Lipinski definition) is 6. The fraction of sp³-hybridized carbons (Fsp3) is 0.577. The number of aromatic nitrogens is 2. The van der Waals surface area contributed by atoms with E-state index < -0.39 is 6.50 Å². The fourth-order valence-electron chi connectivity index (χ4n) is 5.44. The normalized spacial score (nSPS) is 27.0. The third-order valence-corrected chi connectivity index (χ3v) is 7.13. The van der Waals surface area contributed by atoms with Crippen LogP contribution in [0.1, 0.15) is 45.7 Å². The maximum absolute atomic E-state index is 11.9. The first-order chi connectivity index (χ1) is 16.9. The number of rotatable bonds is 7. The van der Waals surface area contributed by atoms with Crippen LogP contribution < -0.4 is 10.6 Å². The molecule has 2 N–H and O–H groups in total. The monoisotopic (exact) mass is 451 g/mol. The summed E-state index contributed by atoms with van der Waals surface area (Å²) >= 11 is 0. The summed E-state index contributed by atoms with van der Waals surface area (Å²) in [5.41, 5.74) is 2.33. The molecular weight excluding hydrogens is 414 g/mol. The molecule has 3 fully saturated rings. The van der Waals surface area contributed by atoms with Gasteiger partial charge in [0, 0.05) is 59.3 Å². The first kappa shape index (κ1) is 19.9. The molecule has 2 aliphatic heterocycles. The van der Waals surface area contributed by atoms with Crippen LogP contribution in [0.2, 0.25) is 0 Å². The fourth-order valence-corrected chi connectivity index (χ4v) is 5.44. The molecule has 7 nitrogen and oxygen atoms in total. The Hall–Kier alpha value is -2.51. The molecule has 5 rings (SSSR count). The molecule has 3 atom stereocenters. The van der Waals surface area contributed by atoms with Gasteiger partial charge < -0.3 is 20.3 Å². The lowest BCUT2D eigenvalue weighted by atomic mass is 10.00. The number of nitrogens with one attached hydrogen (secondary N) is 2. The van der Waals surface area contributed by atoms with Gasteiger partial charge in [0.25, 0.3) is 5.91 Å². The molecule has 3 aliphatic rings. The number of carbonyl (C=O) groups is 1. The number of nitrogens with zero attached hydrogens (tertiary/aromatic N) is 3. The number of hydrogen-bond donors (Lipinski definition) is 2. The number of anilines is 1. The lowest BCUT2D eigenvalue weighted by Gasteiger charge is -2.27. The highest BCUT2D eigenvalue weighted by molar-refractivity contribution is 5.94. The van der Waals surface area contributed by atoms with E-state index in [-0.39, 0.29) is 11.8 Å². The minimum absolute atomic E-state index is 0.0717. The van der Waals surface area contributed by atoms with Gasteiger partial charge in [-0.2, -0.15) is 0 Å². The summed E-state index contributed by atoms with van der Waals surface area (Å²) in [5.74, 6) is 1.82. The van der Waals surface area contributed by atoms with Crippen molar-refractivity contribution >= 4 is 11.7 Å². The van der Waals surface area contributed by atoms with Gasteiger partial charge >= 0.3 is 0 Å². The van der Waals surface area contributed by atoms with Crippen molar-refractivity contribution in [1.29, 1.82) is 0 Å². The van der Waals surface area contributed by atoms with E-state index in [1.165, 1.54) is 0 Å². The highest BCUT2D eigenvalue weighted by atomic mass is 16.5. The van der Waals surface area contributed by atoms with Gasteiger partial charge in [-0.15, -0.1) is 10.2 Å². The molecule has 176 valence electrons. The molecule has 1 aliphatic carbocycles. The average Bonchev–Trinajstić information content (AvgIpc) is 3.45. The Morgan fingerprint density at radius 2 is 1.82 bits per heavy atom. The number of benzene rings is 1. The lowest BCUT2D eigenvalue weighted by molar-refractivity contribution is 0.0545. The second-order valence-electron chi connectivity index (χ2n) is 9.49. The molecule has 1 saturated carbocycles. The van der Waals surface area contributed by atoms with Crippen molar-refractivity contribution in [2.75, 3.05) is 44.7 Å². The maximum atomic E-state index is 11.9. The summed E-state index contributed by atoms with van der Waals surface area (Å²) in [7, 11) is 0. The average molecular weight is 452 g/mol. The van der Waals surface area contributed by atoms with Gasteiger partial charge in [-0.25, -0.2) is 0 Å². The summed E-state index contributed by atoms with van der Waals surface area (Å²) in [6.07, 6.45) is 3.71. The van der Waals surface area contributed by atoms with Gasteiger partial charge in [-0.05, 0) is 74.6 Å². The molecule has 0 spiro atoms. The topological polar surface area (TPSA) is 79.4 Å². The number of ether oxygens (including phenoxy) is 1. The minimum Gasteiger partial charge on any atom is -0.381 e. The number of fused-ring (bicyclic) bond motifs is 1. The van der Waals surface area contributed by atoms with Crippen molar-refractivity contribution in [3.63, 3.8) is 0 Å². The van der Waals surface area contributed by atoms with Crippen LogP contribution in [0.4, 0.5) is 5.82 Å². The third kappa shape index (κ3) is 5.36. The van der Waals surface area contributed by atoms with E-state index in [2.05, 4.69) is 25.7 Å². The van der Waals surface area contributed by atoms with Gasteiger partial charge in [0.2, 0.25) is 0 Å². The highest BCUT2D eigenvalue weighted by Gasteiger charge is 2.41. The van der Waals surface area contributed by atoms with Crippen molar-refractivity contribution in [2.45, 2.75) is 38.6 Å². The van der Waals surface area contributed by atoms with E-state index in [1.54, 1.807) is 12.1 Å². The largest absolute Gasteiger partial charge is 0.381 e. The van der Waals surface area contributed by atoms with Crippen LogP contribution >= 0.6 is 0 Å². The molecule has 1 amide bonds. The Balaban J connectivity index is 1.14. The van der Waals surface area contributed by atoms with Crippen molar-refractivity contribution < 1.29 is 12.3 Å². The SMILES string of the molecule is [2H]C([2H])(C1CCOCC1)N1C[C@H]2CC(Nc3ccc(-c4ccc(C(=O)NCC)cc4)nn3)C[C@H]2C1. The van der Waals surface area contributed by atoms with Crippen LogP contribution in [0.5, 0.6) is 0 Å². The molecule has 2 aromatic rings. The number of likely N-dealkylation sites (tertiary alicyclic amines) is 1. The van der Waals surface area contributed by atoms with E-state index in [4.69, 9.17) is 7.48 Å². The molecule has 33 heavy (non-hydrogen) atoms. The summed E-state index contributed by atoms with van der Waals surface area (Å²) < 4.78 is 22.9. The molecule has 1 aromatic carbocycles. The van der Waals surface area contributed by atoms with Crippen LogP contribution in [-0.2, 0) is 4.74 Å². The molecule has 2 saturated heterocycles. The quantitative estimate of drug-likeness (QED) is 0.671. The van der Waals surface area contributed by atoms with Gasteiger partial charge in [0.05, 0.1) is 5.69 Å². The number of amides is 1. The van der Waals surface area contributed by atoms with Gasteiger partial charge in [-0.3, -0.25) is 4.79 Å². The van der Waals surface area contributed by atoms with Crippen LogP contribution in [0.15, 0.2) is 36.4 Å². The Morgan fingerprint density at radius 3 is 2.45 bits per heavy atom. The van der Waals surface area contributed by atoms with E-state index >= 15 is 0 Å². The number of carbonyl (C=O) groups excluding carboxylic acids is 1. The van der Waals surface area contributed by atoms with Gasteiger partial charge in [-0.1, -0.05) is 12.1 Å². The zero-order valence-corrected chi connectivity index (χ0v) is 19.3. The van der Waals surface area contributed by atoms with E-state index in [1.807, 2.05) is 31.2 Å². The van der Waals surface area contributed by atoms with Gasteiger partial charge in [0.1, 0.15) is 5.82 Å². The van der Waals surface area contributed by atoms with Crippen LogP contribution in [-0.4, -0.2) is 66.4 Å². The second kappa shape index (κ2) is 10.2. The van der Waals surface area contributed by atoms with Crippen molar-refractivity contribution in [1.82, 2.24) is 20.4 Å². The molecule has 3 heterocycles. The zero-order chi connectivity index (χ0) is 24.4. The molecule has 0 radical (unpaired) electrons. The third-order valence-electron chi connectivity index (χ3n) is 7.13. The molecule has 1 unspecified atom stereocenters. The zero-order valence-electron chi connectivity index (χ0n) is 21.3. The van der Waals surface area contributed by atoms with Crippen LogP contribution in [0, 0.1) is 17.8 Å². The lowest BCUT2D eigenvalue weighted by Crippen LogP contribution is -2.32. The van der Waals surface area contributed by atoms with Gasteiger partial charge in [0.15, 0.2) is 0 Å². The first-order valence-electron chi connectivity index (χ1n) is 13.3. The Kier molecular flexibility index (Phi) is 6.14. The summed E-state index contributed by atoms with van der Waals surface area (Å²) in [4.78, 5) is 14.0. The molecular formula is C26H35N5O2. The Morgan fingerprint density at radius 1 is 1.09 bits per heavy atom. The second-order valence-corrected chi connectivity index (χ2v) is 9.49. The van der Waals surface area contributed by atoms with E-state index in [9.17, 15) is 4.79 Å². The van der Waals surface area contributed by atoms with Crippen LogP contribution in [0.3, 0.4) is 0 Å². The van der Waals surface area contributed by atoms with Crippen molar-refractivity contribution in [2.24, 2.45) is 17.8 Å². The first-order valence-corrected chi connectivity index (χ1v) is 12.3. The predicted octanol–water partition coefficient (Wildman–Crippen LogP) is 3.44.